The fourth-order valence-corrected chi connectivity index (χ4v) is 3.90. The first-order valence-electron chi connectivity index (χ1n) is 10.5. The summed E-state index contributed by atoms with van der Waals surface area (Å²) in [4.78, 5) is 22.8. The number of nitrogens with zero attached hydrogens (tertiary/aromatic N) is 4. The summed E-state index contributed by atoms with van der Waals surface area (Å²) in [6.07, 6.45) is 1.71. The van der Waals surface area contributed by atoms with Crippen molar-refractivity contribution in [1.29, 1.82) is 0 Å². The van der Waals surface area contributed by atoms with Crippen LogP contribution >= 0.6 is 0 Å². The van der Waals surface area contributed by atoms with Crippen LogP contribution < -0.4 is 15.4 Å². The van der Waals surface area contributed by atoms with Gasteiger partial charge >= 0.3 is 0 Å². The highest BCUT2D eigenvalue weighted by Gasteiger charge is 2.35. The van der Waals surface area contributed by atoms with Gasteiger partial charge in [-0.3, -0.25) is 9.78 Å². The maximum Gasteiger partial charge on any atom is 0.256 e. The van der Waals surface area contributed by atoms with Gasteiger partial charge in [0.1, 0.15) is 11.8 Å². The number of aromatic nitrogens is 4. The monoisotopic (exact) mass is 438 g/mol. The second kappa shape index (κ2) is 8.58. The van der Waals surface area contributed by atoms with Gasteiger partial charge < -0.3 is 15.4 Å². The van der Waals surface area contributed by atoms with E-state index in [1.807, 2.05) is 67.6 Å². The van der Waals surface area contributed by atoms with E-state index in [9.17, 15) is 4.79 Å². The van der Waals surface area contributed by atoms with E-state index in [-0.39, 0.29) is 5.91 Å². The quantitative estimate of drug-likeness (QED) is 0.483. The summed E-state index contributed by atoms with van der Waals surface area (Å²) in [7, 11) is 1.57. The maximum atomic E-state index is 13.6. The number of benzene rings is 2. The van der Waals surface area contributed by atoms with Crippen LogP contribution in [0.5, 0.6) is 5.75 Å². The van der Waals surface area contributed by atoms with Gasteiger partial charge in [0, 0.05) is 17.5 Å². The predicted molar refractivity (Wildman–Crippen MR) is 126 cm³/mol. The Hall–Kier alpha value is -4.46. The summed E-state index contributed by atoms with van der Waals surface area (Å²) >= 11 is 0. The van der Waals surface area contributed by atoms with Crippen LogP contribution in [0.25, 0.3) is 11.4 Å². The smallest absolute Gasteiger partial charge is 0.256 e. The Bertz CT molecular complexity index is 1330. The van der Waals surface area contributed by atoms with Crippen LogP contribution in [0.1, 0.15) is 18.7 Å². The molecular weight excluding hydrogens is 416 g/mol. The van der Waals surface area contributed by atoms with E-state index in [0.717, 1.165) is 5.56 Å². The average Bonchev–Trinajstić information content (AvgIpc) is 3.28. The Balaban J connectivity index is 1.59. The van der Waals surface area contributed by atoms with Crippen LogP contribution in [0.3, 0.4) is 0 Å². The summed E-state index contributed by atoms with van der Waals surface area (Å²) < 4.78 is 7.11. The molecule has 0 saturated heterocycles. The van der Waals surface area contributed by atoms with Crippen molar-refractivity contribution in [2.24, 2.45) is 0 Å². The average molecular weight is 438 g/mol. The van der Waals surface area contributed by atoms with Crippen LogP contribution in [0.4, 0.5) is 11.6 Å². The zero-order valence-corrected chi connectivity index (χ0v) is 18.2. The molecule has 0 aliphatic carbocycles. The molecule has 2 aromatic heterocycles. The number of carbonyl (C=O) groups is 1. The summed E-state index contributed by atoms with van der Waals surface area (Å²) in [6, 6.07) is 22.1. The number of methoxy groups -OCH3 is 1. The second-order valence-corrected chi connectivity index (χ2v) is 7.54. The Morgan fingerprint density at radius 2 is 1.79 bits per heavy atom. The van der Waals surface area contributed by atoms with Crippen LogP contribution in [-0.2, 0) is 4.79 Å². The lowest BCUT2D eigenvalue weighted by molar-refractivity contribution is -0.113. The van der Waals surface area contributed by atoms with Crippen LogP contribution in [0, 0.1) is 0 Å². The van der Waals surface area contributed by atoms with Gasteiger partial charge in [-0.2, -0.15) is 4.98 Å². The summed E-state index contributed by atoms with van der Waals surface area (Å²) in [5.74, 6) is 1.42. The first-order chi connectivity index (χ1) is 16.2. The van der Waals surface area contributed by atoms with E-state index in [2.05, 4.69) is 20.6 Å². The van der Waals surface area contributed by atoms with Crippen molar-refractivity contribution >= 4 is 17.5 Å². The van der Waals surface area contributed by atoms with Gasteiger partial charge in [0.05, 0.1) is 24.1 Å². The first-order valence-corrected chi connectivity index (χ1v) is 10.5. The number of nitrogens with one attached hydrogen (secondary N) is 2. The fourth-order valence-electron chi connectivity index (χ4n) is 3.90. The molecule has 33 heavy (non-hydrogen) atoms. The molecule has 8 heteroatoms. The van der Waals surface area contributed by atoms with Gasteiger partial charge in [-0.15, -0.1) is 5.10 Å². The fraction of sp³-hybridized carbons (Fsp3) is 0.120. The molecular formula is C25H22N6O2. The van der Waals surface area contributed by atoms with Gasteiger partial charge in [0.2, 0.25) is 5.95 Å². The molecule has 1 amide bonds. The topological polar surface area (TPSA) is 94.0 Å². The van der Waals surface area contributed by atoms with Crippen LogP contribution in [0.2, 0.25) is 0 Å². The van der Waals surface area contributed by atoms with Crippen LogP contribution in [0.15, 0.2) is 90.3 Å². The van der Waals surface area contributed by atoms with E-state index in [1.54, 1.807) is 30.1 Å². The molecule has 4 aromatic rings. The van der Waals surface area contributed by atoms with Crippen molar-refractivity contribution in [3.63, 3.8) is 0 Å². The number of anilines is 2. The molecule has 1 aliphatic heterocycles. The largest absolute Gasteiger partial charge is 0.495 e. The molecule has 0 bridgehead atoms. The third-order valence-electron chi connectivity index (χ3n) is 5.45. The van der Waals surface area contributed by atoms with Crippen molar-refractivity contribution in [1.82, 2.24) is 19.7 Å². The Kier molecular flexibility index (Phi) is 5.32. The molecule has 1 atom stereocenters. The highest BCUT2D eigenvalue weighted by Crippen LogP contribution is 2.36. The van der Waals surface area contributed by atoms with E-state index in [0.29, 0.717) is 40.2 Å². The molecule has 3 heterocycles. The molecule has 2 N–H and O–H groups in total. The summed E-state index contributed by atoms with van der Waals surface area (Å²) in [5, 5.41) is 11.0. The third-order valence-corrected chi connectivity index (χ3v) is 5.45. The van der Waals surface area contributed by atoms with Crippen molar-refractivity contribution < 1.29 is 9.53 Å². The SMILES string of the molecule is COc1ccccc1NC(=O)C1=C(C)Nc2nc(-c3ccccc3)nn2[C@H]1c1ccccn1. The summed E-state index contributed by atoms with van der Waals surface area (Å²) in [6.45, 7) is 1.85. The number of hydrogen-bond donors (Lipinski definition) is 2. The molecule has 0 radical (unpaired) electrons. The standard InChI is InChI=1S/C25H22N6O2/c1-16-21(24(32)28-18-12-6-7-14-20(18)33-2)22(19-13-8-9-15-26-19)31-25(27-16)29-23(30-31)17-10-4-3-5-11-17/h3-15,22H,1-2H3,(H,28,32)(H,27,29,30)/t22-/m0/s1. The molecule has 8 nitrogen and oxygen atoms in total. The second-order valence-electron chi connectivity index (χ2n) is 7.54. The number of rotatable bonds is 5. The van der Waals surface area contributed by atoms with E-state index in [4.69, 9.17) is 9.84 Å². The first kappa shape index (κ1) is 20.4. The number of ether oxygens (including phenoxy) is 1. The van der Waals surface area contributed by atoms with Gasteiger partial charge in [0.25, 0.3) is 5.91 Å². The zero-order chi connectivity index (χ0) is 22.8. The Labute approximate surface area is 191 Å². The number of carbonyl (C=O) groups excluding carboxylic acids is 1. The number of para-hydroxylation sites is 2. The van der Waals surface area contributed by atoms with Crippen LogP contribution in [-0.4, -0.2) is 32.8 Å². The van der Waals surface area contributed by atoms with Crippen molar-refractivity contribution in [2.45, 2.75) is 13.0 Å². The number of allylic oxidation sites excluding steroid dienone is 1. The highest BCUT2D eigenvalue weighted by atomic mass is 16.5. The minimum absolute atomic E-state index is 0.275. The number of pyridine rings is 1. The molecule has 0 spiro atoms. The lowest BCUT2D eigenvalue weighted by Crippen LogP contribution is -2.32. The minimum atomic E-state index is -0.554. The normalized spacial score (nSPS) is 14.9. The molecule has 1 aliphatic rings. The van der Waals surface area contributed by atoms with Crippen molar-refractivity contribution in [3.8, 4) is 17.1 Å². The lowest BCUT2D eigenvalue weighted by Gasteiger charge is -2.28. The van der Waals surface area contributed by atoms with Gasteiger partial charge in [0.15, 0.2) is 5.82 Å². The number of amides is 1. The van der Waals surface area contributed by atoms with E-state index >= 15 is 0 Å². The van der Waals surface area contributed by atoms with Crippen molar-refractivity contribution in [3.05, 3.63) is 96.0 Å². The molecule has 2 aromatic carbocycles. The molecule has 0 fully saturated rings. The highest BCUT2D eigenvalue weighted by molar-refractivity contribution is 6.06. The maximum absolute atomic E-state index is 13.6. The Morgan fingerprint density at radius 1 is 1.03 bits per heavy atom. The third kappa shape index (κ3) is 3.82. The van der Waals surface area contributed by atoms with Gasteiger partial charge in [-0.25, -0.2) is 4.68 Å². The number of hydrogen-bond acceptors (Lipinski definition) is 6. The Morgan fingerprint density at radius 3 is 2.55 bits per heavy atom. The molecule has 164 valence electrons. The summed E-state index contributed by atoms with van der Waals surface area (Å²) in [5.41, 5.74) is 3.33. The molecule has 0 saturated carbocycles. The molecule has 0 unspecified atom stereocenters. The van der Waals surface area contributed by atoms with Gasteiger partial charge in [-0.1, -0.05) is 48.5 Å². The number of fused-ring (bicyclic) bond motifs is 1. The van der Waals surface area contributed by atoms with E-state index < -0.39 is 6.04 Å². The lowest BCUT2D eigenvalue weighted by atomic mass is 9.98. The predicted octanol–water partition coefficient (Wildman–Crippen LogP) is 4.28. The molecule has 5 rings (SSSR count). The van der Waals surface area contributed by atoms with Gasteiger partial charge in [-0.05, 0) is 31.2 Å². The van der Waals surface area contributed by atoms with E-state index in [1.165, 1.54) is 0 Å². The zero-order valence-electron chi connectivity index (χ0n) is 18.2. The van der Waals surface area contributed by atoms with Crippen molar-refractivity contribution in [2.75, 3.05) is 17.7 Å². The minimum Gasteiger partial charge on any atom is -0.495 e.